The summed E-state index contributed by atoms with van der Waals surface area (Å²) in [7, 11) is 0. The molecule has 0 aromatic carbocycles. The molecular weight excluding hydrogens is 250 g/mol. The lowest BCUT2D eigenvalue weighted by atomic mass is 10.1. The van der Waals surface area contributed by atoms with E-state index in [1.165, 1.54) is 0 Å². The molecule has 0 radical (unpaired) electrons. The molecule has 1 unspecified atom stereocenters. The number of ether oxygens (including phenoxy) is 1. The van der Waals surface area contributed by atoms with E-state index in [2.05, 4.69) is 5.32 Å². The number of rotatable bonds is 4. The van der Waals surface area contributed by atoms with E-state index in [-0.39, 0.29) is 5.78 Å². The van der Waals surface area contributed by atoms with Crippen molar-refractivity contribution in [2.24, 2.45) is 0 Å². The van der Waals surface area contributed by atoms with E-state index in [0.717, 1.165) is 5.56 Å². The van der Waals surface area contributed by atoms with Crippen LogP contribution in [0.15, 0.2) is 16.8 Å². The summed E-state index contributed by atoms with van der Waals surface area (Å²) >= 11 is 1.55. The second-order valence-corrected chi connectivity index (χ2v) is 5.92. The number of alkyl carbamates (subject to hydrolysis) is 1. The summed E-state index contributed by atoms with van der Waals surface area (Å²) in [6, 6.07) is 1.36. The molecule has 5 heteroatoms. The van der Waals surface area contributed by atoms with Gasteiger partial charge in [-0.25, -0.2) is 4.79 Å². The minimum atomic E-state index is -0.561. The predicted octanol–water partition coefficient (Wildman–Crippen LogP) is 2.77. The summed E-state index contributed by atoms with van der Waals surface area (Å²) in [6.45, 7) is 7.01. The third-order valence-corrected chi connectivity index (χ3v) is 2.91. The molecule has 1 amide bonds. The molecule has 4 nitrogen and oxygen atoms in total. The summed E-state index contributed by atoms with van der Waals surface area (Å²) in [5.41, 5.74) is 0.420. The van der Waals surface area contributed by atoms with E-state index >= 15 is 0 Å². The van der Waals surface area contributed by atoms with Crippen molar-refractivity contribution in [3.8, 4) is 0 Å². The van der Waals surface area contributed by atoms with Crippen LogP contribution in [0.5, 0.6) is 0 Å². The minimum Gasteiger partial charge on any atom is -0.444 e. The number of Topliss-reactive ketones (excluding diaryl/α,β-unsaturated/α-hetero) is 1. The standard InChI is InChI=1S/C13H19NO3S/c1-9(14-12(16)17-13(2,3)4)11(15)7-10-5-6-18-8-10/h5-6,8-9H,7H2,1-4H3,(H,14,16). The van der Waals surface area contributed by atoms with Gasteiger partial charge in [0.15, 0.2) is 5.78 Å². The van der Waals surface area contributed by atoms with Gasteiger partial charge in [0.1, 0.15) is 5.60 Å². The second kappa shape index (κ2) is 6.00. The number of hydrogen-bond acceptors (Lipinski definition) is 4. The Morgan fingerprint density at radius 3 is 2.61 bits per heavy atom. The lowest BCUT2D eigenvalue weighted by Gasteiger charge is -2.21. The monoisotopic (exact) mass is 269 g/mol. The van der Waals surface area contributed by atoms with Gasteiger partial charge in [-0.2, -0.15) is 11.3 Å². The van der Waals surface area contributed by atoms with E-state index < -0.39 is 17.7 Å². The van der Waals surface area contributed by atoms with Crippen molar-refractivity contribution in [2.75, 3.05) is 0 Å². The quantitative estimate of drug-likeness (QED) is 0.914. The van der Waals surface area contributed by atoms with Gasteiger partial charge in [0, 0.05) is 6.42 Å². The predicted molar refractivity (Wildman–Crippen MR) is 71.9 cm³/mol. The molecule has 0 aliphatic rings. The molecule has 0 saturated heterocycles. The van der Waals surface area contributed by atoms with Crippen LogP contribution in [0.1, 0.15) is 33.3 Å². The Kier molecular flexibility index (Phi) is 4.90. The van der Waals surface area contributed by atoms with Crippen molar-refractivity contribution in [1.82, 2.24) is 5.32 Å². The minimum absolute atomic E-state index is 0.0285. The van der Waals surface area contributed by atoms with Crippen LogP contribution >= 0.6 is 11.3 Å². The first-order valence-corrected chi connectivity index (χ1v) is 6.75. The molecule has 100 valence electrons. The summed E-state index contributed by atoms with van der Waals surface area (Å²) < 4.78 is 5.09. The molecule has 18 heavy (non-hydrogen) atoms. The third kappa shape index (κ3) is 5.31. The highest BCUT2D eigenvalue weighted by Gasteiger charge is 2.20. The number of carbonyl (C=O) groups excluding carboxylic acids is 2. The fourth-order valence-corrected chi connectivity index (χ4v) is 1.98. The van der Waals surface area contributed by atoms with Crippen LogP contribution in [-0.4, -0.2) is 23.5 Å². The van der Waals surface area contributed by atoms with Crippen molar-refractivity contribution < 1.29 is 14.3 Å². The number of hydrogen-bond donors (Lipinski definition) is 1. The van der Waals surface area contributed by atoms with Crippen LogP contribution in [0.3, 0.4) is 0 Å². The van der Waals surface area contributed by atoms with Gasteiger partial charge in [-0.1, -0.05) is 0 Å². The maximum Gasteiger partial charge on any atom is 0.408 e. The van der Waals surface area contributed by atoms with Gasteiger partial charge < -0.3 is 10.1 Å². The Morgan fingerprint density at radius 2 is 2.11 bits per heavy atom. The van der Waals surface area contributed by atoms with Crippen LogP contribution in [0.25, 0.3) is 0 Å². The number of thiophene rings is 1. The fourth-order valence-electron chi connectivity index (χ4n) is 1.31. The fraction of sp³-hybridized carbons (Fsp3) is 0.538. The molecule has 1 rings (SSSR count). The zero-order valence-corrected chi connectivity index (χ0v) is 12.0. The lowest BCUT2D eigenvalue weighted by Crippen LogP contribution is -2.42. The van der Waals surface area contributed by atoms with E-state index in [1.54, 1.807) is 39.0 Å². The van der Waals surface area contributed by atoms with E-state index in [0.29, 0.717) is 6.42 Å². The summed E-state index contributed by atoms with van der Waals surface area (Å²) in [5.74, 6) is -0.0285. The normalized spacial score (nSPS) is 12.9. The first-order valence-electron chi connectivity index (χ1n) is 5.81. The Labute approximate surface area is 111 Å². The van der Waals surface area contributed by atoms with Crippen molar-refractivity contribution in [3.05, 3.63) is 22.4 Å². The maximum atomic E-state index is 11.8. The van der Waals surface area contributed by atoms with Crippen molar-refractivity contribution in [2.45, 2.75) is 45.8 Å². The first kappa shape index (κ1) is 14.7. The summed E-state index contributed by atoms with van der Waals surface area (Å²) in [5, 5.41) is 6.40. The molecular formula is C13H19NO3S. The Morgan fingerprint density at radius 1 is 1.44 bits per heavy atom. The largest absolute Gasteiger partial charge is 0.444 e. The molecule has 0 saturated carbocycles. The van der Waals surface area contributed by atoms with Crippen LogP contribution in [-0.2, 0) is 16.0 Å². The molecule has 0 aliphatic carbocycles. The number of nitrogens with one attached hydrogen (secondary N) is 1. The molecule has 0 spiro atoms. The molecule has 1 atom stereocenters. The average Bonchev–Trinajstić information content (AvgIpc) is 2.66. The second-order valence-electron chi connectivity index (χ2n) is 5.14. The highest BCUT2D eigenvalue weighted by Crippen LogP contribution is 2.09. The Bertz CT molecular complexity index is 406. The zero-order valence-electron chi connectivity index (χ0n) is 11.1. The van der Waals surface area contributed by atoms with Gasteiger partial charge >= 0.3 is 6.09 Å². The van der Waals surface area contributed by atoms with Crippen LogP contribution in [0.2, 0.25) is 0 Å². The molecule has 0 aliphatic heterocycles. The van der Waals surface area contributed by atoms with Crippen LogP contribution in [0.4, 0.5) is 4.79 Å². The number of ketones is 1. The highest BCUT2D eigenvalue weighted by atomic mass is 32.1. The molecule has 1 aromatic rings. The van der Waals surface area contributed by atoms with E-state index in [1.807, 2.05) is 16.8 Å². The summed E-state index contributed by atoms with van der Waals surface area (Å²) in [6.07, 6.45) is -0.228. The van der Waals surface area contributed by atoms with Gasteiger partial charge in [0.25, 0.3) is 0 Å². The van der Waals surface area contributed by atoms with Crippen molar-refractivity contribution in [1.29, 1.82) is 0 Å². The van der Waals surface area contributed by atoms with Gasteiger partial charge in [0.2, 0.25) is 0 Å². The topological polar surface area (TPSA) is 55.4 Å². The number of carbonyl (C=O) groups is 2. The number of amides is 1. The van der Waals surface area contributed by atoms with Crippen molar-refractivity contribution >= 4 is 23.2 Å². The molecule has 1 aromatic heterocycles. The van der Waals surface area contributed by atoms with Gasteiger partial charge in [0.05, 0.1) is 6.04 Å². The van der Waals surface area contributed by atoms with E-state index in [4.69, 9.17) is 4.74 Å². The average molecular weight is 269 g/mol. The van der Waals surface area contributed by atoms with E-state index in [9.17, 15) is 9.59 Å². The summed E-state index contributed by atoms with van der Waals surface area (Å²) in [4.78, 5) is 23.3. The molecule has 0 bridgehead atoms. The smallest absolute Gasteiger partial charge is 0.408 e. The highest BCUT2D eigenvalue weighted by molar-refractivity contribution is 7.08. The van der Waals surface area contributed by atoms with Crippen molar-refractivity contribution in [3.63, 3.8) is 0 Å². The zero-order chi connectivity index (χ0) is 13.8. The molecule has 1 heterocycles. The SMILES string of the molecule is CC(NC(=O)OC(C)(C)C)C(=O)Cc1ccsc1. The first-order chi connectivity index (χ1) is 8.28. The Balaban J connectivity index is 2.42. The molecule has 0 fully saturated rings. The third-order valence-electron chi connectivity index (χ3n) is 2.17. The lowest BCUT2D eigenvalue weighted by molar-refractivity contribution is -0.120. The van der Waals surface area contributed by atoms with Gasteiger partial charge in [-0.15, -0.1) is 0 Å². The molecule has 1 N–H and O–H groups in total. The van der Waals surface area contributed by atoms with Crippen LogP contribution in [0, 0.1) is 0 Å². The van der Waals surface area contributed by atoms with Gasteiger partial charge in [-0.05, 0) is 50.1 Å². The van der Waals surface area contributed by atoms with Crippen LogP contribution < -0.4 is 5.32 Å². The maximum absolute atomic E-state index is 11.8. The van der Waals surface area contributed by atoms with Gasteiger partial charge in [-0.3, -0.25) is 4.79 Å². The Hall–Kier alpha value is -1.36.